The molecule has 2 aromatic rings. The Morgan fingerprint density at radius 2 is 2.03 bits per heavy atom. The number of carbonyl (C=O) groups excluding carboxylic acids is 2. The first kappa shape index (κ1) is 25.0. The van der Waals surface area contributed by atoms with E-state index < -0.39 is 23.5 Å². The van der Waals surface area contributed by atoms with E-state index in [0.717, 1.165) is 12.8 Å². The van der Waals surface area contributed by atoms with Gasteiger partial charge in [0.05, 0.1) is 12.7 Å². The molecule has 0 spiro atoms. The van der Waals surface area contributed by atoms with Gasteiger partial charge in [0, 0.05) is 63.1 Å². The summed E-state index contributed by atoms with van der Waals surface area (Å²) in [4.78, 5) is 49.7. The normalized spacial score (nSPS) is 16.0. The van der Waals surface area contributed by atoms with Gasteiger partial charge in [0.1, 0.15) is 5.69 Å². The minimum absolute atomic E-state index is 0.0917. The van der Waals surface area contributed by atoms with E-state index in [2.05, 4.69) is 31.4 Å². The third-order valence-corrected chi connectivity index (χ3v) is 6.25. The lowest BCUT2D eigenvalue weighted by Gasteiger charge is -2.31. The van der Waals surface area contributed by atoms with Crippen LogP contribution in [0.3, 0.4) is 0 Å². The second kappa shape index (κ2) is 10.7. The van der Waals surface area contributed by atoms with Gasteiger partial charge in [-0.25, -0.2) is 4.98 Å². The summed E-state index contributed by atoms with van der Waals surface area (Å²) < 4.78 is 6.96. The molecule has 1 fully saturated rings. The van der Waals surface area contributed by atoms with Crippen molar-refractivity contribution in [2.45, 2.75) is 56.8 Å². The van der Waals surface area contributed by atoms with Gasteiger partial charge in [-0.15, -0.1) is 12.3 Å². The molecule has 1 saturated carbocycles. The summed E-state index contributed by atoms with van der Waals surface area (Å²) in [6.07, 6.45) is 13.1. The van der Waals surface area contributed by atoms with E-state index in [9.17, 15) is 14.4 Å². The number of ether oxygens (including phenoxy) is 1. The average molecular weight is 492 g/mol. The Balaban J connectivity index is 1.74. The molecule has 188 valence electrons. The van der Waals surface area contributed by atoms with Gasteiger partial charge in [0.25, 0.3) is 11.5 Å². The maximum atomic E-state index is 14.0. The quantitative estimate of drug-likeness (QED) is 0.453. The molecule has 1 unspecified atom stereocenters. The van der Waals surface area contributed by atoms with Crippen LogP contribution >= 0.6 is 0 Å². The second-order valence-corrected chi connectivity index (χ2v) is 8.78. The van der Waals surface area contributed by atoms with Crippen LogP contribution < -0.4 is 15.6 Å². The number of pyridine rings is 1. The van der Waals surface area contributed by atoms with E-state index in [1.165, 1.54) is 36.5 Å². The van der Waals surface area contributed by atoms with Gasteiger partial charge in [-0.1, -0.05) is 0 Å². The topological polar surface area (TPSA) is 131 Å². The molecule has 4 rings (SSSR count). The number of aromatic nitrogens is 3. The molecule has 1 atom stereocenters. The Labute approximate surface area is 209 Å². The Hall–Kier alpha value is -4.07. The fourth-order valence-electron chi connectivity index (χ4n) is 4.11. The number of hydrogen-bond acceptors (Lipinski definition) is 8. The van der Waals surface area contributed by atoms with E-state index in [4.69, 9.17) is 11.2 Å². The number of likely N-dealkylation sites (N-methyl/N-ethyl adjacent to an activating group) is 1. The summed E-state index contributed by atoms with van der Waals surface area (Å²) in [6, 6.07) is 1.83. The van der Waals surface area contributed by atoms with Gasteiger partial charge < -0.3 is 19.5 Å². The highest BCUT2D eigenvalue weighted by Crippen LogP contribution is 2.38. The zero-order valence-electron chi connectivity index (χ0n) is 20.4. The van der Waals surface area contributed by atoms with Crippen molar-refractivity contribution < 1.29 is 14.3 Å². The molecular weight excluding hydrogens is 462 g/mol. The monoisotopic (exact) mass is 491 g/mol. The Morgan fingerprint density at radius 1 is 1.28 bits per heavy atom. The Bertz CT molecular complexity index is 1260. The number of amides is 2. The van der Waals surface area contributed by atoms with E-state index in [-0.39, 0.29) is 29.7 Å². The summed E-state index contributed by atoms with van der Waals surface area (Å²) in [5, 5.41) is 11.1. The van der Waals surface area contributed by atoms with Crippen LogP contribution in [0, 0.1) is 12.3 Å². The first-order valence-electron chi connectivity index (χ1n) is 12.0. The molecule has 0 saturated heterocycles. The molecule has 2 aromatic heterocycles. The molecule has 3 heterocycles. The van der Waals surface area contributed by atoms with E-state index in [1.807, 2.05) is 0 Å². The predicted molar refractivity (Wildman–Crippen MR) is 130 cm³/mol. The van der Waals surface area contributed by atoms with Gasteiger partial charge in [-0.2, -0.15) is 10.2 Å². The maximum Gasteiger partial charge on any atom is 0.256 e. The summed E-state index contributed by atoms with van der Waals surface area (Å²) >= 11 is 0. The number of nitrogens with one attached hydrogen (secondary N) is 1. The van der Waals surface area contributed by atoms with Crippen molar-refractivity contribution in [1.29, 1.82) is 0 Å². The molecule has 1 aliphatic carbocycles. The molecule has 0 radical (unpaired) electrons. The third-order valence-electron chi connectivity index (χ3n) is 6.25. The smallest absolute Gasteiger partial charge is 0.256 e. The van der Waals surface area contributed by atoms with Gasteiger partial charge in [0.15, 0.2) is 11.7 Å². The number of hydrogen-bond donors (Lipinski definition) is 1. The van der Waals surface area contributed by atoms with Crippen LogP contribution in [-0.2, 0) is 4.79 Å². The first-order chi connectivity index (χ1) is 17.4. The largest absolute Gasteiger partial charge is 0.480 e. The van der Waals surface area contributed by atoms with E-state index >= 15 is 0 Å². The van der Waals surface area contributed by atoms with Gasteiger partial charge in [-0.3, -0.25) is 19.4 Å². The third kappa shape index (κ3) is 5.43. The molecular formula is C25H29N7O4. The van der Waals surface area contributed by atoms with Crippen molar-refractivity contribution in [3.8, 4) is 18.2 Å². The minimum atomic E-state index is -1.13. The van der Waals surface area contributed by atoms with Crippen molar-refractivity contribution in [3.63, 3.8) is 0 Å². The zero-order valence-corrected chi connectivity index (χ0v) is 20.4. The summed E-state index contributed by atoms with van der Waals surface area (Å²) in [5.74, 6) is 1.87. The molecule has 2 aliphatic rings. The SMILES string of the molecule is C#CCCC1(CCN(C(=O)c2ccc(=O)n(C3CC3)c2)C(C(=O)NCC)c2nccnc2OC)N=N1. The lowest BCUT2D eigenvalue weighted by molar-refractivity contribution is -0.126. The minimum Gasteiger partial charge on any atom is -0.480 e. The number of nitrogens with zero attached hydrogens (tertiary/aromatic N) is 6. The van der Waals surface area contributed by atoms with Crippen LogP contribution in [0.1, 0.15) is 67.2 Å². The fraction of sp³-hybridized carbons (Fsp3) is 0.480. The summed E-state index contributed by atoms with van der Waals surface area (Å²) in [7, 11) is 1.43. The molecule has 36 heavy (non-hydrogen) atoms. The van der Waals surface area contributed by atoms with Gasteiger partial charge in [-0.05, 0) is 25.8 Å². The predicted octanol–water partition coefficient (Wildman–Crippen LogP) is 2.27. The molecule has 11 heteroatoms. The van der Waals surface area contributed by atoms with Crippen molar-refractivity contribution in [2.75, 3.05) is 20.2 Å². The average Bonchev–Trinajstić information content (AvgIpc) is 3.82. The molecule has 0 aromatic carbocycles. The van der Waals surface area contributed by atoms with Crippen molar-refractivity contribution in [3.05, 3.63) is 52.3 Å². The van der Waals surface area contributed by atoms with Crippen LogP contribution in [0.5, 0.6) is 5.88 Å². The van der Waals surface area contributed by atoms with Gasteiger partial charge in [0.2, 0.25) is 11.8 Å². The zero-order chi connectivity index (χ0) is 25.7. The van der Waals surface area contributed by atoms with E-state index in [1.54, 1.807) is 17.7 Å². The number of carbonyl (C=O) groups is 2. The van der Waals surface area contributed by atoms with Crippen LogP contribution in [0.25, 0.3) is 0 Å². The van der Waals surface area contributed by atoms with Crippen LogP contribution in [0.4, 0.5) is 0 Å². The number of terminal acetylenes is 1. The Morgan fingerprint density at radius 3 is 2.67 bits per heavy atom. The van der Waals surface area contributed by atoms with E-state index in [0.29, 0.717) is 31.4 Å². The standard InChI is InChI=1S/C25H29N7O4/c1-4-6-11-25(29-30-25)12-15-31(24(35)17-7-10-19(33)32(16-17)18-8-9-18)21(22(34)26-5-2)20-23(36-3)28-14-13-27-20/h1,7,10,13-14,16,18,21H,5-6,8-9,11-12,15H2,2-3H3,(H,26,34). The Kier molecular flexibility index (Phi) is 7.43. The number of rotatable bonds is 12. The van der Waals surface area contributed by atoms with Crippen LogP contribution in [0.2, 0.25) is 0 Å². The highest BCUT2D eigenvalue weighted by Gasteiger charge is 2.42. The van der Waals surface area contributed by atoms with Crippen molar-refractivity contribution >= 4 is 11.8 Å². The number of methoxy groups -OCH3 is 1. The summed E-state index contributed by atoms with van der Waals surface area (Å²) in [5.41, 5.74) is -0.339. The lowest BCUT2D eigenvalue weighted by Crippen LogP contribution is -2.45. The molecule has 2 amide bonds. The molecule has 11 nitrogen and oxygen atoms in total. The second-order valence-electron chi connectivity index (χ2n) is 8.78. The highest BCUT2D eigenvalue weighted by atomic mass is 16.5. The van der Waals surface area contributed by atoms with Crippen molar-refractivity contribution in [1.82, 2.24) is 24.8 Å². The lowest BCUT2D eigenvalue weighted by atomic mass is 10.0. The molecule has 1 aliphatic heterocycles. The fourth-order valence-corrected chi connectivity index (χ4v) is 4.11. The van der Waals surface area contributed by atoms with Crippen molar-refractivity contribution in [2.24, 2.45) is 10.2 Å². The van der Waals surface area contributed by atoms with Crippen LogP contribution in [0.15, 0.2) is 45.7 Å². The van der Waals surface area contributed by atoms with Crippen LogP contribution in [-0.4, -0.2) is 57.1 Å². The molecule has 1 N–H and O–H groups in total. The maximum absolute atomic E-state index is 14.0. The molecule has 0 bridgehead atoms. The summed E-state index contributed by atoms with van der Waals surface area (Å²) in [6.45, 7) is 2.28. The highest BCUT2D eigenvalue weighted by molar-refractivity contribution is 5.97. The van der Waals surface area contributed by atoms with Gasteiger partial charge >= 0.3 is 0 Å². The first-order valence-corrected chi connectivity index (χ1v) is 12.0.